The van der Waals surface area contributed by atoms with Crippen LogP contribution in [0.5, 0.6) is 0 Å². The first-order valence-corrected chi connectivity index (χ1v) is 5.27. The lowest BCUT2D eigenvalue weighted by Crippen LogP contribution is -2.35. The van der Waals surface area contributed by atoms with Gasteiger partial charge in [0.05, 0.1) is 18.3 Å². The van der Waals surface area contributed by atoms with Gasteiger partial charge in [0.15, 0.2) is 0 Å². The summed E-state index contributed by atoms with van der Waals surface area (Å²) < 4.78 is 21.0. The van der Waals surface area contributed by atoms with E-state index in [2.05, 4.69) is 0 Å². The van der Waals surface area contributed by atoms with Crippen LogP contribution < -0.4 is 0 Å². The number of aliphatic hydroxyl groups is 1. The molecule has 1 aliphatic rings. The Kier molecular flexibility index (Phi) is 2.40. The summed E-state index contributed by atoms with van der Waals surface area (Å²) in [4.78, 5) is 0. The third-order valence-electron chi connectivity index (χ3n) is 2.80. The summed E-state index contributed by atoms with van der Waals surface area (Å²) in [5.41, 5.74) is -0.0334. The van der Waals surface area contributed by atoms with Gasteiger partial charge in [0, 0.05) is 2.74 Å². The highest BCUT2D eigenvalue weighted by Crippen LogP contribution is 2.32. The van der Waals surface area contributed by atoms with E-state index in [1.807, 2.05) is 30.3 Å². The lowest BCUT2D eigenvalue weighted by molar-refractivity contribution is -0.0851. The van der Waals surface area contributed by atoms with Gasteiger partial charge in [-0.2, -0.15) is 0 Å². The van der Waals surface area contributed by atoms with Crippen LogP contribution in [0, 0.1) is 0 Å². The molecule has 1 aliphatic carbocycles. The van der Waals surface area contributed by atoms with E-state index in [0.29, 0.717) is 6.61 Å². The molecule has 0 aliphatic heterocycles. The van der Waals surface area contributed by atoms with Crippen LogP contribution in [0.3, 0.4) is 0 Å². The van der Waals surface area contributed by atoms with E-state index in [9.17, 15) is 5.11 Å². The maximum absolute atomic E-state index is 10.1. The van der Waals surface area contributed by atoms with Crippen molar-refractivity contribution in [3.63, 3.8) is 0 Å². The van der Waals surface area contributed by atoms with Crippen LogP contribution >= 0.6 is 0 Å². The van der Waals surface area contributed by atoms with Gasteiger partial charge in [-0.05, 0) is 31.7 Å². The number of hydrogen-bond acceptors (Lipinski definition) is 2. The number of rotatable bonds is 3. The van der Waals surface area contributed by atoms with Crippen LogP contribution in [0.15, 0.2) is 30.3 Å². The lowest BCUT2D eigenvalue weighted by atomic mass is 10.0. The van der Waals surface area contributed by atoms with Crippen molar-refractivity contribution in [1.82, 2.24) is 0 Å². The van der Waals surface area contributed by atoms with Crippen LogP contribution in [-0.4, -0.2) is 16.8 Å². The molecule has 15 heavy (non-hydrogen) atoms. The van der Waals surface area contributed by atoms with Gasteiger partial charge in [-0.1, -0.05) is 30.3 Å². The fraction of sp³-hybridized carbons (Fsp3) is 0.538. The fourth-order valence-electron chi connectivity index (χ4n) is 1.80. The van der Waals surface area contributed by atoms with Gasteiger partial charge >= 0.3 is 0 Å². The Morgan fingerprint density at radius 3 is 2.87 bits per heavy atom. The van der Waals surface area contributed by atoms with Crippen LogP contribution in [0.1, 0.15) is 34.4 Å². The molecule has 2 heteroatoms. The molecular formula is C13H18O2. The zero-order valence-corrected chi connectivity index (χ0v) is 8.94. The van der Waals surface area contributed by atoms with Crippen molar-refractivity contribution in [2.75, 3.05) is 0 Å². The summed E-state index contributed by atoms with van der Waals surface area (Å²) in [6.45, 7) is 2.06. The molecule has 0 radical (unpaired) electrons. The minimum atomic E-state index is -1.33. The van der Waals surface area contributed by atoms with E-state index >= 15 is 0 Å². The molecular weight excluding hydrogens is 188 g/mol. The summed E-state index contributed by atoms with van der Waals surface area (Å²) in [5, 5.41) is 10.1. The Bertz CT molecular complexity index is 376. The molecule has 0 bridgehead atoms. The molecule has 0 saturated heterocycles. The highest BCUT2D eigenvalue weighted by atomic mass is 16.5. The van der Waals surface area contributed by atoms with Crippen LogP contribution in [-0.2, 0) is 11.3 Å². The fourth-order valence-corrected chi connectivity index (χ4v) is 1.80. The standard InChI is InChI=1S/C13H18O2/c1-13(14)9-5-8-12(13)15-10-11-6-3-2-4-7-11/h2-4,6-7,12,14H,5,8-10H2,1H3/t12-,13+/m1/s1/i5D2. The average molecular weight is 208 g/mol. The first-order chi connectivity index (χ1) is 7.89. The van der Waals surface area contributed by atoms with Gasteiger partial charge in [0.25, 0.3) is 0 Å². The van der Waals surface area contributed by atoms with Crippen molar-refractivity contribution in [2.45, 2.75) is 44.5 Å². The number of benzene rings is 1. The van der Waals surface area contributed by atoms with E-state index in [1.165, 1.54) is 0 Å². The van der Waals surface area contributed by atoms with Crippen molar-refractivity contribution in [3.8, 4) is 0 Å². The maximum atomic E-state index is 10.1. The Labute approximate surface area is 93.7 Å². The minimum Gasteiger partial charge on any atom is -0.387 e. The second-order valence-electron chi connectivity index (χ2n) is 4.27. The third-order valence-corrected chi connectivity index (χ3v) is 2.80. The van der Waals surface area contributed by atoms with E-state index < -0.39 is 18.1 Å². The van der Waals surface area contributed by atoms with Gasteiger partial charge in [0.2, 0.25) is 0 Å². The maximum Gasteiger partial charge on any atom is 0.0880 e. The van der Waals surface area contributed by atoms with Crippen molar-refractivity contribution in [2.24, 2.45) is 0 Å². The Morgan fingerprint density at radius 1 is 1.53 bits per heavy atom. The first kappa shape index (κ1) is 8.31. The van der Waals surface area contributed by atoms with Gasteiger partial charge in [-0.25, -0.2) is 0 Å². The predicted octanol–water partition coefficient (Wildman–Crippen LogP) is 2.51. The average Bonchev–Trinajstić information content (AvgIpc) is 2.45. The summed E-state index contributed by atoms with van der Waals surface area (Å²) >= 11 is 0. The molecule has 2 rings (SSSR count). The SMILES string of the molecule is [2H]C1([2H])C[C@@H](OCc2ccccc2)[C@@](C)(O)C1. The summed E-state index contributed by atoms with van der Waals surface area (Å²) in [7, 11) is 0. The molecule has 0 unspecified atom stereocenters. The number of hydrogen-bond donors (Lipinski definition) is 1. The summed E-state index contributed by atoms with van der Waals surface area (Å²) in [6, 6.07) is 9.72. The van der Waals surface area contributed by atoms with Gasteiger partial charge in [0.1, 0.15) is 0 Å². The van der Waals surface area contributed by atoms with E-state index in [1.54, 1.807) is 6.92 Å². The normalized spacial score (nSPS) is 36.0. The lowest BCUT2D eigenvalue weighted by Gasteiger charge is -2.25. The molecule has 2 atom stereocenters. The molecule has 1 N–H and O–H groups in total. The Hall–Kier alpha value is -0.860. The largest absolute Gasteiger partial charge is 0.387 e. The summed E-state index contributed by atoms with van der Waals surface area (Å²) in [6.07, 6.45) is -1.37. The van der Waals surface area contributed by atoms with Gasteiger partial charge in [-0.3, -0.25) is 0 Å². The molecule has 1 saturated carbocycles. The van der Waals surface area contributed by atoms with Gasteiger partial charge in [-0.15, -0.1) is 0 Å². The monoisotopic (exact) mass is 208 g/mol. The zero-order chi connectivity index (χ0) is 12.5. The smallest absolute Gasteiger partial charge is 0.0880 e. The highest BCUT2D eigenvalue weighted by molar-refractivity contribution is 5.13. The second-order valence-corrected chi connectivity index (χ2v) is 4.27. The molecule has 82 valence electrons. The predicted molar refractivity (Wildman–Crippen MR) is 59.5 cm³/mol. The van der Waals surface area contributed by atoms with E-state index in [0.717, 1.165) is 5.56 Å². The Balaban J connectivity index is 1.96. The molecule has 1 aromatic carbocycles. The van der Waals surface area contributed by atoms with Gasteiger partial charge < -0.3 is 9.84 Å². The molecule has 0 aromatic heterocycles. The van der Waals surface area contributed by atoms with Crippen molar-refractivity contribution in [1.29, 1.82) is 0 Å². The number of ether oxygens (including phenoxy) is 1. The van der Waals surface area contributed by atoms with Crippen molar-refractivity contribution < 1.29 is 12.6 Å². The molecule has 0 amide bonds. The molecule has 2 nitrogen and oxygen atoms in total. The molecule has 1 fully saturated rings. The van der Waals surface area contributed by atoms with Crippen LogP contribution in [0.25, 0.3) is 0 Å². The third kappa shape index (κ3) is 2.58. The van der Waals surface area contributed by atoms with Crippen LogP contribution in [0.2, 0.25) is 0 Å². The van der Waals surface area contributed by atoms with Crippen molar-refractivity contribution >= 4 is 0 Å². The van der Waals surface area contributed by atoms with E-state index in [-0.39, 0.29) is 12.8 Å². The molecule has 0 heterocycles. The molecule has 0 spiro atoms. The Morgan fingerprint density at radius 2 is 2.27 bits per heavy atom. The van der Waals surface area contributed by atoms with Crippen LogP contribution in [0.4, 0.5) is 0 Å². The quantitative estimate of drug-likeness (QED) is 0.827. The molecule has 1 aromatic rings. The second kappa shape index (κ2) is 4.33. The zero-order valence-electron chi connectivity index (χ0n) is 10.9. The topological polar surface area (TPSA) is 29.5 Å². The minimum absolute atomic E-state index is 0.138. The summed E-state index contributed by atoms with van der Waals surface area (Å²) in [5.74, 6) is 0. The van der Waals surface area contributed by atoms with E-state index in [4.69, 9.17) is 7.48 Å². The first-order valence-electron chi connectivity index (χ1n) is 6.27. The highest BCUT2D eigenvalue weighted by Gasteiger charge is 2.37. The van der Waals surface area contributed by atoms with Crippen molar-refractivity contribution in [3.05, 3.63) is 35.9 Å².